The highest BCUT2D eigenvalue weighted by Gasteiger charge is 2.07. The largest absolute Gasteiger partial charge is 0.205 e. The molecular formula is C10H5ClFNS2. The van der Waals surface area contributed by atoms with Crippen molar-refractivity contribution < 1.29 is 4.39 Å². The van der Waals surface area contributed by atoms with Gasteiger partial charge in [-0.25, -0.2) is 4.39 Å². The van der Waals surface area contributed by atoms with Gasteiger partial charge in [0.1, 0.15) is 5.69 Å². The molecule has 0 aliphatic rings. The highest BCUT2D eigenvalue weighted by molar-refractivity contribution is 7.99. The minimum absolute atomic E-state index is 0.119. The van der Waals surface area contributed by atoms with Crippen molar-refractivity contribution in [3.63, 3.8) is 0 Å². The number of thiocarbonyl (C=S) groups is 1. The molecule has 0 saturated carbocycles. The molecule has 0 aromatic heterocycles. The molecule has 0 heterocycles. The predicted molar refractivity (Wildman–Crippen MR) is 65.7 cm³/mol. The number of rotatable bonds is 3. The van der Waals surface area contributed by atoms with Crippen LogP contribution in [0.5, 0.6) is 0 Å². The van der Waals surface area contributed by atoms with Gasteiger partial charge in [-0.2, -0.15) is 4.99 Å². The molecule has 0 bridgehead atoms. The first-order valence-corrected chi connectivity index (χ1v) is 5.59. The molecule has 76 valence electrons. The van der Waals surface area contributed by atoms with Crippen molar-refractivity contribution in [3.8, 4) is 12.3 Å². The van der Waals surface area contributed by atoms with Crippen LogP contribution in [0.3, 0.4) is 0 Å². The van der Waals surface area contributed by atoms with Crippen LogP contribution in [0.15, 0.2) is 22.0 Å². The molecule has 0 spiro atoms. The fraction of sp³-hybridized carbons (Fsp3) is 0.100. The Morgan fingerprint density at radius 1 is 1.60 bits per heavy atom. The van der Waals surface area contributed by atoms with Crippen LogP contribution in [0.25, 0.3) is 0 Å². The zero-order valence-corrected chi connectivity index (χ0v) is 9.85. The molecule has 15 heavy (non-hydrogen) atoms. The Bertz CT molecular complexity index is 461. The first-order chi connectivity index (χ1) is 7.19. The summed E-state index contributed by atoms with van der Waals surface area (Å²) >= 11 is 11.6. The molecule has 0 atom stereocenters. The lowest BCUT2D eigenvalue weighted by atomic mass is 10.3. The summed E-state index contributed by atoms with van der Waals surface area (Å²) in [6.07, 6.45) is 5.11. The van der Waals surface area contributed by atoms with E-state index in [1.165, 1.54) is 23.9 Å². The number of halogens is 2. The van der Waals surface area contributed by atoms with Crippen molar-refractivity contribution in [2.45, 2.75) is 4.90 Å². The molecule has 0 amide bonds. The lowest BCUT2D eigenvalue weighted by Gasteiger charge is -2.03. The van der Waals surface area contributed by atoms with E-state index >= 15 is 0 Å². The Labute approximate surface area is 102 Å². The zero-order valence-electron chi connectivity index (χ0n) is 7.46. The third kappa shape index (κ3) is 3.33. The quantitative estimate of drug-likeness (QED) is 0.352. The van der Waals surface area contributed by atoms with Gasteiger partial charge < -0.3 is 0 Å². The number of isothiocyanates is 1. The molecule has 0 aliphatic heterocycles. The Kier molecular flexibility index (Phi) is 4.80. The molecule has 0 saturated heterocycles. The number of hydrogen-bond donors (Lipinski definition) is 0. The Balaban J connectivity index is 3.12. The first-order valence-electron chi connectivity index (χ1n) is 3.82. The first kappa shape index (κ1) is 12.2. The number of thioether (sulfide) groups is 1. The summed E-state index contributed by atoms with van der Waals surface area (Å²) < 4.78 is 13.2. The second-order valence-corrected chi connectivity index (χ2v) is 4.04. The molecule has 1 rings (SSSR count). The van der Waals surface area contributed by atoms with Crippen molar-refractivity contribution >= 4 is 46.4 Å². The Morgan fingerprint density at radius 3 is 2.93 bits per heavy atom. The molecule has 1 aromatic carbocycles. The van der Waals surface area contributed by atoms with Crippen molar-refractivity contribution in [3.05, 3.63) is 23.0 Å². The highest BCUT2D eigenvalue weighted by Crippen LogP contribution is 2.32. The highest BCUT2D eigenvalue weighted by atomic mass is 35.5. The SMILES string of the molecule is C#CCSc1cc(N=C=S)c(F)cc1Cl. The summed E-state index contributed by atoms with van der Waals surface area (Å²) in [5.41, 5.74) is 0.119. The van der Waals surface area contributed by atoms with Crippen LogP contribution in [0, 0.1) is 18.2 Å². The van der Waals surface area contributed by atoms with Gasteiger partial charge in [0.05, 0.1) is 15.9 Å². The average molecular weight is 258 g/mol. The fourth-order valence-electron chi connectivity index (χ4n) is 0.883. The average Bonchev–Trinajstić information content (AvgIpc) is 2.20. The maximum Gasteiger partial charge on any atom is 0.151 e. The second-order valence-electron chi connectivity index (χ2n) is 2.43. The maximum atomic E-state index is 13.2. The summed E-state index contributed by atoms with van der Waals surface area (Å²) in [5.74, 6) is 2.39. The second kappa shape index (κ2) is 5.89. The molecule has 0 N–H and O–H groups in total. The normalized spacial score (nSPS) is 9.13. The molecule has 0 aliphatic carbocycles. The van der Waals surface area contributed by atoms with E-state index in [1.54, 1.807) is 0 Å². The van der Waals surface area contributed by atoms with E-state index < -0.39 is 5.82 Å². The minimum atomic E-state index is -0.526. The molecule has 1 nitrogen and oxygen atoms in total. The van der Waals surface area contributed by atoms with Crippen LogP contribution in [-0.2, 0) is 0 Å². The van der Waals surface area contributed by atoms with Crippen LogP contribution < -0.4 is 0 Å². The third-order valence-electron chi connectivity index (χ3n) is 1.48. The van der Waals surface area contributed by atoms with Crippen molar-refractivity contribution in [1.82, 2.24) is 0 Å². The molecule has 1 aromatic rings. The number of nitrogens with zero attached hydrogens (tertiary/aromatic N) is 1. The number of benzene rings is 1. The van der Waals surface area contributed by atoms with Crippen molar-refractivity contribution in [1.29, 1.82) is 0 Å². The molecule has 5 heteroatoms. The summed E-state index contributed by atoms with van der Waals surface area (Å²) in [4.78, 5) is 4.26. The Morgan fingerprint density at radius 2 is 2.33 bits per heavy atom. The number of hydrogen-bond acceptors (Lipinski definition) is 3. The van der Waals surface area contributed by atoms with E-state index in [0.717, 1.165) is 0 Å². The van der Waals surface area contributed by atoms with Gasteiger partial charge in [-0.05, 0) is 24.4 Å². The lowest BCUT2D eigenvalue weighted by molar-refractivity contribution is 0.629. The van der Waals surface area contributed by atoms with Gasteiger partial charge in [-0.1, -0.05) is 17.5 Å². The number of aliphatic imine (C=N–C) groups is 1. The van der Waals surface area contributed by atoms with E-state index in [1.807, 2.05) is 0 Å². The van der Waals surface area contributed by atoms with Crippen LogP contribution >= 0.6 is 35.6 Å². The lowest BCUT2D eigenvalue weighted by Crippen LogP contribution is -1.81. The predicted octanol–water partition coefficient (Wildman–Crippen LogP) is 3.94. The van der Waals surface area contributed by atoms with Crippen molar-refractivity contribution in [2.24, 2.45) is 4.99 Å². The van der Waals surface area contributed by atoms with Crippen LogP contribution in [0.4, 0.5) is 10.1 Å². The summed E-state index contributed by atoms with van der Waals surface area (Å²) in [7, 11) is 0. The monoisotopic (exact) mass is 257 g/mol. The topological polar surface area (TPSA) is 12.4 Å². The van der Waals surface area contributed by atoms with Gasteiger partial charge in [-0.3, -0.25) is 0 Å². The van der Waals surface area contributed by atoms with E-state index in [9.17, 15) is 4.39 Å². The summed E-state index contributed by atoms with van der Waals surface area (Å²) in [6.45, 7) is 0. The molecule has 0 radical (unpaired) electrons. The molecule has 0 fully saturated rings. The van der Waals surface area contributed by atoms with E-state index in [0.29, 0.717) is 15.7 Å². The van der Waals surface area contributed by atoms with E-state index in [4.69, 9.17) is 18.0 Å². The smallest absolute Gasteiger partial charge is 0.151 e. The fourth-order valence-corrected chi connectivity index (χ4v) is 1.93. The van der Waals surface area contributed by atoms with Gasteiger partial charge in [0.15, 0.2) is 5.82 Å². The summed E-state index contributed by atoms with van der Waals surface area (Å²) in [6, 6.07) is 2.69. The van der Waals surface area contributed by atoms with Crippen molar-refractivity contribution in [2.75, 3.05) is 5.75 Å². The molecule has 0 unspecified atom stereocenters. The van der Waals surface area contributed by atoms with Gasteiger partial charge in [0.2, 0.25) is 0 Å². The molecular weight excluding hydrogens is 253 g/mol. The summed E-state index contributed by atoms with van der Waals surface area (Å²) in [5, 5.41) is 2.42. The van der Waals surface area contributed by atoms with Crippen LogP contribution in [0.2, 0.25) is 5.02 Å². The Hall–Kier alpha value is -0.850. The number of terminal acetylenes is 1. The van der Waals surface area contributed by atoms with Gasteiger partial charge in [0, 0.05) is 4.90 Å². The van der Waals surface area contributed by atoms with Gasteiger partial charge in [0.25, 0.3) is 0 Å². The van der Waals surface area contributed by atoms with E-state index in [-0.39, 0.29) is 5.69 Å². The standard InChI is InChI=1S/C10H5ClFNS2/c1-2-3-15-10-5-9(13-6-14)8(12)4-7(10)11/h1,4-5H,3H2. The van der Waals surface area contributed by atoms with Crippen LogP contribution in [0.1, 0.15) is 0 Å². The van der Waals surface area contributed by atoms with Gasteiger partial charge >= 0.3 is 0 Å². The minimum Gasteiger partial charge on any atom is -0.205 e. The maximum absolute atomic E-state index is 13.2. The van der Waals surface area contributed by atoms with Gasteiger partial charge in [-0.15, -0.1) is 18.2 Å². The van der Waals surface area contributed by atoms with E-state index in [2.05, 4.69) is 28.3 Å². The third-order valence-corrected chi connectivity index (χ3v) is 2.95. The van der Waals surface area contributed by atoms with Crippen LogP contribution in [-0.4, -0.2) is 10.9 Å². The zero-order chi connectivity index (χ0) is 11.3.